The summed E-state index contributed by atoms with van der Waals surface area (Å²) in [6, 6.07) is 9.55. The first-order valence-electron chi connectivity index (χ1n) is 5.41. The van der Waals surface area contributed by atoms with Crippen LogP contribution in [-0.2, 0) is 0 Å². The zero-order valence-corrected chi connectivity index (χ0v) is 12.7. The Morgan fingerprint density at radius 3 is 2.84 bits per heavy atom. The van der Waals surface area contributed by atoms with Gasteiger partial charge in [-0.05, 0) is 23.6 Å². The first-order chi connectivity index (χ1) is 9.16. The Kier molecular flexibility index (Phi) is 3.35. The molecule has 0 atom stereocenters. The number of benzene rings is 1. The van der Waals surface area contributed by atoms with E-state index in [1.54, 1.807) is 11.3 Å². The lowest BCUT2D eigenvalue weighted by Crippen LogP contribution is -1.86. The minimum atomic E-state index is 0.302. The van der Waals surface area contributed by atoms with Crippen molar-refractivity contribution in [3.8, 4) is 21.7 Å². The molecule has 2 heterocycles. The van der Waals surface area contributed by atoms with Gasteiger partial charge in [0.15, 0.2) is 0 Å². The summed E-state index contributed by atoms with van der Waals surface area (Å²) in [5.41, 5.74) is 8.13. The van der Waals surface area contributed by atoms with Crippen molar-refractivity contribution in [1.29, 1.82) is 0 Å². The van der Waals surface area contributed by atoms with Crippen molar-refractivity contribution >= 4 is 44.8 Å². The number of halogens is 2. The summed E-state index contributed by atoms with van der Waals surface area (Å²) in [5, 5.41) is 6.62. The van der Waals surface area contributed by atoms with Crippen LogP contribution in [0.15, 0.2) is 44.7 Å². The Hall–Kier alpha value is -1.30. The number of nitrogens with zero attached hydrogens (tertiary/aromatic N) is 1. The number of rotatable bonds is 2. The second kappa shape index (κ2) is 5.00. The number of hydrogen-bond donors (Lipinski definition) is 1. The fraction of sp³-hybridized carbons (Fsp3) is 0. The third-order valence-electron chi connectivity index (χ3n) is 2.67. The third kappa shape index (κ3) is 2.29. The second-order valence-electron chi connectivity index (χ2n) is 3.87. The predicted molar refractivity (Wildman–Crippen MR) is 82.4 cm³/mol. The minimum Gasteiger partial charge on any atom is -0.367 e. The Labute approximate surface area is 127 Å². The summed E-state index contributed by atoms with van der Waals surface area (Å²) in [5.74, 6) is 0.302. The Morgan fingerprint density at radius 1 is 1.32 bits per heavy atom. The van der Waals surface area contributed by atoms with E-state index in [2.05, 4.69) is 21.1 Å². The summed E-state index contributed by atoms with van der Waals surface area (Å²) in [4.78, 5) is 1.01. The van der Waals surface area contributed by atoms with Gasteiger partial charge in [0.25, 0.3) is 0 Å². The van der Waals surface area contributed by atoms with E-state index in [0.29, 0.717) is 16.6 Å². The molecule has 96 valence electrons. The van der Waals surface area contributed by atoms with Crippen LogP contribution in [0.1, 0.15) is 0 Å². The highest BCUT2D eigenvalue weighted by molar-refractivity contribution is 9.10. The lowest BCUT2D eigenvalue weighted by Gasteiger charge is -2.03. The van der Waals surface area contributed by atoms with Gasteiger partial charge in [0.2, 0.25) is 5.88 Å². The van der Waals surface area contributed by atoms with Crippen molar-refractivity contribution in [2.45, 2.75) is 0 Å². The Morgan fingerprint density at radius 2 is 2.16 bits per heavy atom. The van der Waals surface area contributed by atoms with Crippen LogP contribution in [0.3, 0.4) is 0 Å². The third-order valence-corrected chi connectivity index (χ3v) is 4.37. The Balaban J connectivity index is 2.21. The number of nitrogens with two attached hydrogens (primary N) is 1. The maximum atomic E-state index is 6.26. The van der Waals surface area contributed by atoms with E-state index in [9.17, 15) is 0 Å². The maximum Gasteiger partial charge on any atom is 0.231 e. The second-order valence-corrected chi connectivity index (χ2v) is 6.14. The van der Waals surface area contributed by atoms with Crippen molar-refractivity contribution in [3.05, 3.63) is 45.2 Å². The quantitative estimate of drug-likeness (QED) is 0.698. The van der Waals surface area contributed by atoms with Crippen LogP contribution in [0.2, 0.25) is 5.02 Å². The molecule has 2 N–H and O–H groups in total. The first kappa shape index (κ1) is 12.7. The van der Waals surface area contributed by atoms with Crippen molar-refractivity contribution in [3.63, 3.8) is 0 Å². The van der Waals surface area contributed by atoms with Gasteiger partial charge in [0.1, 0.15) is 5.69 Å². The zero-order chi connectivity index (χ0) is 13.4. The minimum absolute atomic E-state index is 0.302. The van der Waals surface area contributed by atoms with E-state index in [-0.39, 0.29) is 0 Å². The first-order valence-corrected chi connectivity index (χ1v) is 7.46. The standard InChI is InChI=1S/C13H8BrClN2OS/c14-7-3-4-8(9(15)6-7)12-11(13(16)18-17-12)10-2-1-5-19-10/h1-6H,16H2. The number of nitrogen functional groups attached to an aromatic ring is 1. The molecule has 0 aliphatic rings. The zero-order valence-electron chi connectivity index (χ0n) is 9.56. The van der Waals surface area contributed by atoms with E-state index < -0.39 is 0 Å². The molecule has 2 aromatic heterocycles. The van der Waals surface area contributed by atoms with Crippen molar-refractivity contribution in [2.24, 2.45) is 0 Å². The molecule has 3 aromatic rings. The molecule has 1 aromatic carbocycles. The highest BCUT2D eigenvalue weighted by Crippen LogP contribution is 2.41. The Bertz CT molecular complexity index is 724. The lowest BCUT2D eigenvalue weighted by atomic mass is 10.1. The van der Waals surface area contributed by atoms with Gasteiger partial charge in [-0.15, -0.1) is 11.3 Å². The maximum absolute atomic E-state index is 6.26. The fourth-order valence-electron chi connectivity index (χ4n) is 1.83. The smallest absolute Gasteiger partial charge is 0.231 e. The SMILES string of the molecule is Nc1onc(-c2ccc(Br)cc2Cl)c1-c1cccs1. The van der Waals surface area contributed by atoms with Gasteiger partial charge < -0.3 is 10.3 Å². The number of anilines is 1. The molecule has 0 bridgehead atoms. The van der Waals surface area contributed by atoms with Crippen molar-refractivity contribution in [2.75, 3.05) is 5.73 Å². The van der Waals surface area contributed by atoms with E-state index in [0.717, 1.165) is 20.5 Å². The molecule has 6 heteroatoms. The summed E-state index contributed by atoms with van der Waals surface area (Å²) < 4.78 is 6.04. The molecule has 3 rings (SSSR count). The van der Waals surface area contributed by atoms with Crippen LogP contribution in [0.4, 0.5) is 5.88 Å². The van der Waals surface area contributed by atoms with Crippen LogP contribution in [0, 0.1) is 0 Å². The number of aromatic nitrogens is 1. The lowest BCUT2D eigenvalue weighted by molar-refractivity contribution is 0.439. The monoisotopic (exact) mass is 354 g/mol. The van der Waals surface area contributed by atoms with Gasteiger partial charge in [0.05, 0.1) is 10.6 Å². The number of hydrogen-bond acceptors (Lipinski definition) is 4. The molecule has 19 heavy (non-hydrogen) atoms. The van der Waals surface area contributed by atoms with Gasteiger partial charge in [-0.1, -0.05) is 44.8 Å². The highest BCUT2D eigenvalue weighted by atomic mass is 79.9. The topological polar surface area (TPSA) is 52.0 Å². The molecule has 0 radical (unpaired) electrons. The molecule has 0 fully saturated rings. The van der Waals surface area contributed by atoms with Crippen LogP contribution in [0.5, 0.6) is 0 Å². The highest BCUT2D eigenvalue weighted by Gasteiger charge is 2.20. The average Bonchev–Trinajstić information content (AvgIpc) is 2.98. The summed E-state index contributed by atoms with van der Waals surface area (Å²) in [7, 11) is 0. The summed E-state index contributed by atoms with van der Waals surface area (Å²) >= 11 is 11.2. The molecular weight excluding hydrogens is 348 g/mol. The van der Waals surface area contributed by atoms with E-state index in [1.807, 2.05) is 35.7 Å². The van der Waals surface area contributed by atoms with Crippen molar-refractivity contribution < 1.29 is 4.52 Å². The molecule has 0 saturated carbocycles. The number of thiophene rings is 1. The molecule has 3 nitrogen and oxygen atoms in total. The van der Waals surface area contributed by atoms with Gasteiger partial charge >= 0.3 is 0 Å². The van der Waals surface area contributed by atoms with Gasteiger partial charge in [0, 0.05) is 14.9 Å². The molecule has 0 amide bonds. The van der Waals surface area contributed by atoms with Gasteiger partial charge in [-0.25, -0.2) is 0 Å². The predicted octanol–water partition coefficient (Wildman–Crippen LogP) is 5.07. The average molecular weight is 356 g/mol. The van der Waals surface area contributed by atoms with E-state index >= 15 is 0 Å². The fourth-order valence-corrected chi connectivity index (χ4v) is 3.37. The van der Waals surface area contributed by atoms with Crippen LogP contribution in [0.25, 0.3) is 21.7 Å². The molecule has 0 aliphatic carbocycles. The van der Waals surface area contributed by atoms with Crippen LogP contribution < -0.4 is 5.73 Å². The van der Waals surface area contributed by atoms with Crippen LogP contribution in [-0.4, -0.2) is 5.16 Å². The largest absolute Gasteiger partial charge is 0.367 e. The molecule has 0 saturated heterocycles. The summed E-state index contributed by atoms with van der Waals surface area (Å²) in [6.07, 6.45) is 0. The molecule has 0 aliphatic heterocycles. The van der Waals surface area contributed by atoms with Gasteiger partial charge in [-0.3, -0.25) is 0 Å². The van der Waals surface area contributed by atoms with Gasteiger partial charge in [-0.2, -0.15) is 0 Å². The van der Waals surface area contributed by atoms with Crippen molar-refractivity contribution in [1.82, 2.24) is 5.16 Å². The van der Waals surface area contributed by atoms with E-state index in [4.69, 9.17) is 21.9 Å². The normalized spacial score (nSPS) is 10.8. The molecule has 0 unspecified atom stereocenters. The molecular formula is C13H8BrClN2OS. The summed E-state index contributed by atoms with van der Waals surface area (Å²) in [6.45, 7) is 0. The van der Waals surface area contributed by atoms with E-state index in [1.165, 1.54) is 0 Å². The molecule has 0 spiro atoms. The van der Waals surface area contributed by atoms with Crippen LogP contribution >= 0.6 is 38.9 Å².